The van der Waals surface area contributed by atoms with Gasteiger partial charge in [-0.05, 0) is 34.5 Å². The van der Waals surface area contributed by atoms with E-state index in [-0.39, 0.29) is 11.4 Å². The van der Waals surface area contributed by atoms with Crippen molar-refractivity contribution in [2.75, 3.05) is 27.8 Å². The van der Waals surface area contributed by atoms with Gasteiger partial charge in [-0.25, -0.2) is 8.42 Å². The van der Waals surface area contributed by atoms with E-state index in [1.807, 2.05) is 42.5 Å². The van der Waals surface area contributed by atoms with Crippen molar-refractivity contribution < 1.29 is 22.7 Å². The Bertz CT molecular complexity index is 1160. The minimum absolute atomic E-state index is 0.0185. The summed E-state index contributed by atoms with van der Waals surface area (Å²) < 4.78 is 36.9. The van der Waals surface area contributed by atoms with Gasteiger partial charge in [0.05, 0.1) is 25.7 Å². The highest BCUT2D eigenvalue weighted by Gasteiger charge is 2.24. The summed E-state index contributed by atoms with van der Waals surface area (Å²) in [6.45, 7) is 0.0121. The molecular weight excluding hydrogens is 404 g/mol. The van der Waals surface area contributed by atoms with Crippen LogP contribution in [0.2, 0.25) is 0 Å². The topological polar surface area (TPSA) is 84.9 Å². The van der Waals surface area contributed by atoms with Gasteiger partial charge >= 0.3 is 0 Å². The number of carbonyl (C=O) groups excluding carboxylic acids is 1. The number of nitrogens with zero attached hydrogens (tertiary/aromatic N) is 1. The molecule has 0 saturated heterocycles. The Balaban J connectivity index is 1.65. The van der Waals surface area contributed by atoms with E-state index in [9.17, 15) is 13.2 Å². The molecule has 0 aliphatic rings. The Morgan fingerprint density at radius 1 is 0.933 bits per heavy atom. The molecule has 0 unspecified atom stereocenters. The molecule has 8 heteroatoms. The minimum Gasteiger partial charge on any atom is -0.493 e. The van der Waals surface area contributed by atoms with E-state index in [0.29, 0.717) is 18.0 Å². The van der Waals surface area contributed by atoms with Crippen molar-refractivity contribution in [3.63, 3.8) is 0 Å². The second-order valence-corrected chi connectivity index (χ2v) is 8.78. The molecule has 158 valence electrons. The van der Waals surface area contributed by atoms with Crippen molar-refractivity contribution in [2.45, 2.75) is 11.4 Å². The zero-order chi connectivity index (χ0) is 21.7. The molecule has 0 aliphatic heterocycles. The average Bonchev–Trinajstić information content (AvgIpc) is 2.76. The number of sulfonamides is 1. The van der Waals surface area contributed by atoms with Gasteiger partial charge in [0.2, 0.25) is 15.9 Å². The number of ether oxygens (including phenoxy) is 2. The van der Waals surface area contributed by atoms with Gasteiger partial charge in [0, 0.05) is 19.7 Å². The molecule has 0 heterocycles. The fraction of sp³-hybridized carbons (Fsp3) is 0.227. The molecule has 1 N–H and O–H groups in total. The molecule has 0 aliphatic carbocycles. The van der Waals surface area contributed by atoms with Crippen LogP contribution in [-0.2, 0) is 21.4 Å². The van der Waals surface area contributed by atoms with Crippen LogP contribution < -0.4 is 14.8 Å². The second kappa shape index (κ2) is 9.15. The molecule has 0 radical (unpaired) electrons. The highest BCUT2D eigenvalue weighted by molar-refractivity contribution is 7.89. The third-order valence-electron chi connectivity index (χ3n) is 4.73. The zero-order valence-corrected chi connectivity index (χ0v) is 17.9. The van der Waals surface area contributed by atoms with Crippen LogP contribution in [0, 0.1) is 0 Å². The number of methoxy groups -OCH3 is 2. The maximum Gasteiger partial charge on any atom is 0.243 e. The molecule has 0 bridgehead atoms. The SMILES string of the molecule is COc1ccc(S(=O)(=O)N(C)CC(=O)NCc2ccc3ccccc3c2)cc1OC. The third-order valence-corrected chi connectivity index (χ3v) is 6.53. The third kappa shape index (κ3) is 4.72. The maximum absolute atomic E-state index is 12.8. The standard InChI is InChI=1S/C22H24N2O5S/c1-24(30(26,27)19-10-11-20(28-2)21(13-19)29-3)15-22(25)23-14-16-8-9-17-6-4-5-7-18(17)12-16/h4-13H,14-15H2,1-3H3,(H,23,25). The van der Waals surface area contributed by atoms with Crippen molar-refractivity contribution >= 4 is 26.7 Å². The second-order valence-electron chi connectivity index (χ2n) is 6.74. The average molecular weight is 429 g/mol. The Morgan fingerprint density at radius 3 is 2.33 bits per heavy atom. The summed E-state index contributed by atoms with van der Waals surface area (Å²) in [4.78, 5) is 12.3. The molecule has 1 amide bonds. The molecule has 0 atom stereocenters. The first-order chi connectivity index (χ1) is 14.3. The van der Waals surface area contributed by atoms with E-state index in [0.717, 1.165) is 20.6 Å². The van der Waals surface area contributed by atoms with Crippen LogP contribution in [0.25, 0.3) is 10.8 Å². The normalized spacial score (nSPS) is 11.5. The lowest BCUT2D eigenvalue weighted by atomic mass is 10.1. The number of amides is 1. The van der Waals surface area contributed by atoms with E-state index >= 15 is 0 Å². The lowest BCUT2D eigenvalue weighted by Crippen LogP contribution is -2.38. The molecule has 0 fully saturated rings. The van der Waals surface area contributed by atoms with Gasteiger partial charge in [-0.2, -0.15) is 4.31 Å². The molecule has 30 heavy (non-hydrogen) atoms. The van der Waals surface area contributed by atoms with Crippen molar-refractivity contribution in [3.8, 4) is 11.5 Å². The van der Waals surface area contributed by atoms with Gasteiger partial charge < -0.3 is 14.8 Å². The van der Waals surface area contributed by atoms with Crippen LogP contribution >= 0.6 is 0 Å². The molecule has 3 rings (SSSR count). The molecule has 3 aromatic rings. The highest BCUT2D eigenvalue weighted by atomic mass is 32.2. The predicted octanol–water partition coefficient (Wildman–Crippen LogP) is 2.79. The van der Waals surface area contributed by atoms with Gasteiger partial charge in [0.1, 0.15) is 0 Å². The number of hydrogen-bond acceptors (Lipinski definition) is 5. The molecule has 0 aromatic heterocycles. The van der Waals surface area contributed by atoms with Crippen molar-refractivity contribution in [3.05, 3.63) is 66.2 Å². The Labute approximate surface area is 176 Å². The largest absolute Gasteiger partial charge is 0.493 e. The zero-order valence-electron chi connectivity index (χ0n) is 17.1. The lowest BCUT2D eigenvalue weighted by molar-refractivity contribution is -0.121. The monoisotopic (exact) mass is 428 g/mol. The van der Waals surface area contributed by atoms with Crippen molar-refractivity contribution in [1.29, 1.82) is 0 Å². The number of nitrogens with one attached hydrogen (secondary N) is 1. The van der Waals surface area contributed by atoms with E-state index in [1.165, 1.54) is 39.5 Å². The van der Waals surface area contributed by atoms with E-state index in [1.54, 1.807) is 0 Å². The number of fused-ring (bicyclic) bond motifs is 1. The van der Waals surface area contributed by atoms with Gasteiger partial charge in [-0.1, -0.05) is 36.4 Å². The first-order valence-electron chi connectivity index (χ1n) is 9.28. The fourth-order valence-electron chi connectivity index (χ4n) is 3.05. The number of hydrogen-bond donors (Lipinski definition) is 1. The number of benzene rings is 3. The highest BCUT2D eigenvalue weighted by Crippen LogP contribution is 2.30. The van der Waals surface area contributed by atoms with Crippen LogP contribution in [-0.4, -0.2) is 46.4 Å². The summed E-state index contributed by atoms with van der Waals surface area (Å²) in [7, 11) is 0.395. The minimum atomic E-state index is -3.87. The molecule has 7 nitrogen and oxygen atoms in total. The number of rotatable bonds is 8. The predicted molar refractivity (Wildman–Crippen MR) is 115 cm³/mol. The summed E-state index contributed by atoms with van der Waals surface area (Å²) in [5.74, 6) is 0.328. The molecular formula is C22H24N2O5S. The Kier molecular flexibility index (Phi) is 6.59. The lowest BCUT2D eigenvalue weighted by Gasteiger charge is -2.18. The van der Waals surface area contributed by atoms with Crippen molar-refractivity contribution in [2.24, 2.45) is 0 Å². The van der Waals surface area contributed by atoms with Gasteiger partial charge in [0.25, 0.3) is 0 Å². The van der Waals surface area contributed by atoms with Gasteiger partial charge in [-0.15, -0.1) is 0 Å². The smallest absolute Gasteiger partial charge is 0.243 e. The molecule has 0 spiro atoms. The van der Waals surface area contributed by atoms with Crippen LogP contribution in [0.4, 0.5) is 0 Å². The fourth-order valence-corrected chi connectivity index (χ4v) is 4.19. The van der Waals surface area contributed by atoms with E-state index in [2.05, 4.69) is 5.32 Å². The van der Waals surface area contributed by atoms with Crippen LogP contribution in [0.3, 0.4) is 0 Å². The Morgan fingerprint density at radius 2 is 1.63 bits per heavy atom. The number of likely N-dealkylation sites (N-methyl/N-ethyl adjacent to an activating group) is 1. The van der Waals surface area contributed by atoms with Crippen LogP contribution in [0.1, 0.15) is 5.56 Å². The van der Waals surface area contributed by atoms with Crippen molar-refractivity contribution in [1.82, 2.24) is 9.62 Å². The van der Waals surface area contributed by atoms with E-state index in [4.69, 9.17) is 9.47 Å². The van der Waals surface area contributed by atoms with Crippen LogP contribution in [0.15, 0.2) is 65.6 Å². The number of carbonyl (C=O) groups is 1. The van der Waals surface area contributed by atoms with Gasteiger partial charge in [0.15, 0.2) is 11.5 Å². The quantitative estimate of drug-likeness (QED) is 0.596. The summed E-state index contributed by atoms with van der Waals surface area (Å²) in [5, 5.41) is 4.97. The first kappa shape index (κ1) is 21.6. The van der Waals surface area contributed by atoms with Gasteiger partial charge in [-0.3, -0.25) is 4.79 Å². The van der Waals surface area contributed by atoms with E-state index < -0.39 is 15.9 Å². The summed E-state index contributed by atoms with van der Waals surface area (Å²) in [6, 6.07) is 18.2. The molecule has 0 saturated carbocycles. The summed E-state index contributed by atoms with van der Waals surface area (Å²) in [6.07, 6.45) is 0. The van der Waals surface area contributed by atoms with Crippen LogP contribution in [0.5, 0.6) is 11.5 Å². The Hall–Kier alpha value is -3.10. The molecule has 3 aromatic carbocycles. The summed E-state index contributed by atoms with van der Waals surface area (Å²) >= 11 is 0. The maximum atomic E-state index is 12.8. The summed E-state index contributed by atoms with van der Waals surface area (Å²) in [5.41, 5.74) is 0.937. The first-order valence-corrected chi connectivity index (χ1v) is 10.7.